The van der Waals surface area contributed by atoms with E-state index >= 15 is 0 Å². The minimum atomic E-state index is -0.576. The largest absolute Gasteiger partial charge is 0.208 e. The number of hydrogen-bond acceptors (Lipinski definition) is 4. The second-order valence-electron chi connectivity index (χ2n) is 12.7. The van der Waals surface area contributed by atoms with Gasteiger partial charge in [-0.15, -0.1) is 0 Å². The van der Waals surface area contributed by atoms with Gasteiger partial charge in [0.05, 0.1) is 17.0 Å². The number of rotatable bonds is 6. The molecule has 238 valence electrons. The number of nitrogens with zero attached hydrogens (tertiary/aromatic N) is 4. The predicted octanol–water partition coefficient (Wildman–Crippen LogP) is 10.8. The van der Waals surface area contributed by atoms with Gasteiger partial charge in [0.2, 0.25) is 0 Å². The van der Waals surface area contributed by atoms with Gasteiger partial charge in [-0.05, 0) is 68.8 Å². The highest BCUT2D eigenvalue weighted by Crippen LogP contribution is 2.56. The molecular weight excluding hydrogens is 621 g/mol. The van der Waals surface area contributed by atoms with Crippen molar-refractivity contribution in [2.24, 2.45) is 0 Å². The van der Waals surface area contributed by atoms with Crippen LogP contribution in [0.3, 0.4) is 0 Å². The van der Waals surface area contributed by atoms with Gasteiger partial charge in [-0.2, -0.15) is 5.26 Å². The van der Waals surface area contributed by atoms with Crippen molar-refractivity contribution >= 4 is 0 Å². The molecule has 0 saturated carbocycles. The summed E-state index contributed by atoms with van der Waals surface area (Å²) in [5.74, 6) is 1.88. The van der Waals surface area contributed by atoms with Crippen molar-refractivity contribution in [3.63, 3.8) is 0 Å². The van der Waals surface area contributed by atoms with Gasteiger partial charge in [0, 0.05) is 16.7 Å². The Kier molecular flexibility index (Phi) is 7.38. The summed E-state index contributed by atoms with van der Waals surface area (Å²) in [6.07, 6.45) is 0. The van der Waals surface area contributed by atoms with Crippen molar-refractivity contribution in [1.82, 2.24) is 15.0 Å². The zero-order chi connectivity index (χ0) is 34.2. The van der Waals surface area contributed by atoms with Crippen LogP contribution in [0.25, 0.3) is 56.4 Å². The topological polar surface area (TPSA) is 62.5 Å². The first kappa shape index (κ1) is 30.1. The van der Waals surface area contributed by atoms with Crippen molar-refractivity contribution in [3.05, 3.63) is 210 Å². The van der Waals surface area contributed by atoms with E-state index in [4.69, 9.17) is 15.0 Å². The summed E-state index contributed by atoms with van der Waals surface area (Å²) < 4.78 is 0. The Balaban J connectivity index is 1.21. The maximum atomic E-state index is 10.0. The van der Waals surface area contributed by atoms with Crippen LogP contribution in [-0.4, -0.2) is 15.0 Å². The smallest absolute Gasteiger partial charge is 0.164 e. The molecule has 1 heterocycles. The van der Waals surface area contributed by atoms with Crippen LogP contribution in [0.15, 0.2) is 182 Å². The summed E-state index contributed by atoms with van der Waals surface area (Å²) in [5.41, 5.74) is 11.9. The molecule has 8 aromatic rings. The lowest BCUT2D eigenvalue weighted by atomic mass is 9.67. The Morgan fingerprint density at radius 3 is 1.43 bits per heavy atom. The summed E-state index contributed by atoms with van der Waals surface area (Å²) in [6, 6.07) is 65.1. The summed E-state index contributed by atoms with van der Waals surface area (Å²) in [7, 11) is 0. The van der Waals surface area contributed by atoms with Crippen LogP contribution in [0.4, 0.5) is 0 Å². The highest BCUT2D eigenvalue weighted by atomic mass is 15.0. The normalized spacial score (nSPS) is 12.5. The zero-order valence-corrected chi connectivity index (χ0v) is 27.6. The molecule has 1 aromatic heterocycles. The van der Waals surface area contributed by atoms with E-state index in [1.807, 2.05) is 66.7 Å². The number of fused-ring (bicyclic) bond motifs is 3. The Labute approximate surface area is 297 Å². The Hall–Kier alpha value is -6.96. The summed E-state index contributed by atoms with van der Waals surface area (Å²) in [4.78, 5) is 14.8. The molecule has 1 aliphatic rings. The Morgan fingerprint density at radius 1 is 0.373 bits per heavy atom. The number of hydrogen-bond donors (Lipinski definition) is 0. The molecule has 0 fully saturated rings. The average Bonchev–Trinajstić information content (AvgIpc) is 3.51. The molecule has 4 heteroatoms. The molecule has 0 aliphatic heterocycles. The van der Waals surface area contributed by atoms with Crippen LogP contribution in [0.5, 0.6) is 0 Å². The van der Waals surface area contributed by atoms with Crippen LogP contribution in [0.1, 0.15) is 27.8 Å². The predicted molar refractivity (Wildman–Crippen MR) is 204 cm³/mol. The number of benzene rings is 7. The lowest BCUT2D eigenvalue weighted by molar-refractivity contribution is 0.768. The highest BCUT2D eigenvalue weighted by molar-refractivity contribution is 5.89. The van der Waals surface area contributed by atoms with Crippen molar-refractivity contribution in [1.29, 1.82) is 5.26 Å². The van der Waals surface area contributed by atoms with Gasteiger partial charge < -0.3 is 0 Å². The molecule has 0 atom stereocenters. The molecule has 51 heavy (non-hydrogen) atoms. The molecule has 0 unspecified atom stereocenters. The zero-order valence-electron chi connectivity index (χ0n) is 27.6. The molecule has 0 N–H and O–H groups in total. The maximum Gasteiger partial charge on any atom is 0.164 e. The first-order chi connectivity index (χ1) is 25.2. The SMILES string of the molecule is N#Cc1ccc2c(c1)C(c1ccccc1)(c1ccccc1)c1ccc(-c3cccc(-c4nc(-c5ccccc5)nc(-c5ccccc5)n4)c3)cc1-2. The third kappa shape index (κ3) is 5.12. The van der Waals surface area contributed by atoms with E-state index in [2.05, 4.69) is 121 Å². The lowest BCUT2D eigenvalue weighted by Gasteiger charge is -2.34. The summed E-state index contributed by atoms with van der Waals surface area (Å²) in [6.45, 7) is 0. The molecule has 4 nitrogen and oxygen atoms in total. The van der Waals surface area contributed by atoms with E-state index < -0.39 is 5.41 Å². The van der Waals surface area contributed by atoms with E-state index in [0.29, 0.717) is 23.0 Å². The Bertz CT molecular complexity index is 2480. The number of aromatic nitrogens is 3. The molecular formula is C47H30N4. The van der Waals surface area contributed by atoms with Crippen LogP contribution in [-0.2, 0) is 5.41 Å². The summed E-state index contributed by atoms with van der Waals surface area (Å²) >= 11 is 0. The van der Waals surface area contributed by atoms with Crippen LogP contribution in [0.2, 0.25) is 0 Å². The monoisotopic (exact) mass is 650 g/mol. The third-order valence-corrected chi connectivity index (χ3v) is 9.83. The number of nitriles is 1. The van der Waals surface area contributed by atoms with Gasteiger partial charge in [-0.25, -0.2) is 15.0 Å². The fourth-order valence-corrected chi connectivity index (χ4v) is 7.52. The molecule has 0 amide bonds. The second-order valence-corrected chi connectivity index (χ2v) is 12.7. The molecule has 7 aromatic carbocycles. The molecule has 0 spiro atoms. The van der Waals surface area contributed by atoms with Crippen molar-refractivity contribution < 1.29 is 0 Å². The van der Waals surface area contributed by atoms with Crippen molar-refractivity contribution in [2.75, 3.05) is 0 Å². The highest BCUT2D eigenvalue weighted by Gasteiger charge is 2.46. The first-order valence-corrected chi connectivity index (χ1v) is 17.0. The van der Waals surface area contributed by atoms with E-state index in [0.717, 1.165) is 44.5 Å². The van der Waals surface area contributed by atoms with E-state index in [1.165, 1.54) is 16.7 Å². The van der Waals surface area contributed by atoms with Gasteiger partial charge >= 0.3 is 0 Å². The second kappa shape index (κ2) is 12.5. The molecule has 0 saturated heterocycles. The molecule has 0 bridgehead atoms. The van der Waals surface area contributed by atoms with Crippen LogP contribution in [0, 0.1) is 11.3 Å². The Morgan fingerprint density at radius 2 is 0.863 bits per heavy atom. The quantitative estimate of drug-likeness (QED) is 0.180. The average molecular weight is 651 g/mol. The lowest BCUT2D eigenvalue weighted by Crippen LogP contribution is -2.28. The van der Waals surface area contributed by atoms with E-state index in [9.17, 15) is 5.26 Å². The van der Waals surface area contributed by atoms with E-state index in [-0.39, 0.29) is 0 Å². The third-order valence-electron chi connectivity index (χ3n) is 9.83. The first-order valence-electron chi connectivity index (χ1n) is 17.0. The molecule has 9 rings (SSSR count). The summed E-state index contributed by atoms with van der Waals surface area (Å²) in [5, 5.41) is 10.0. The minimum Gasteiger partial charge on any atom is -0.208 e. The van der Waals surface area contributed by atoms with Gasteiger partial charge in [-0.3, -0.25) is 0 Å². The van der Waals surface area contributed by atoms with Crippen LogP contribution < -0.4 is 0 Å². The molecule has 1 aliphatic carbocycles. The fraction of sp³-hybridized carbons (Fsp3) is 0.0213. The van der Waals surface area contributed by atoms with E-state index in [1.54, 1.807) is 0 Å². The van der Waals surface area contributed by atoms with Gasteiger partial charge in [0.1, 0.15) is 0 Å². The van der Waals surface area contributed by atoms with Crippen molar-refractivity contribution in [2.45, 2.75) is 5.41 Å². The van der Waals surface area contributed by atoms with Crippen LogP contribution >= 0.6 is 0 Å². The molecule has 0 radical (unpaired) electrons. The van der Waals surface area contributed by atoms with Gasteiger partial charge in [-0.1, -0.05) is 158 Å². The van der Waals surface area contributed by atoms with Gasteiger partial charge in [0.15, 0.2) is 17.5 Å². The van der Waals surface area contributed by atoms with Crippen molar-refractivity contribution in [3.8, 4) is 62.5 Å². The maximum absolute atomic E-state index is 10.0. The van der Waals surface area contributed by atoms with Gasteiger partial charge in [0.25, 0.3) is 0 Å². The standard InChI is InChI=1S/C47H30N4/c48-31-32-24-26-40-41-30-36(25-27-42(41)47(43(40)28-32,38-20-9-3-10-21-38)39-22-11-4-12-23-39)35-18-13-19-37(29-35)46-50-44(33-14-5-1-6-15-33)49-45(51-46)34-16-7-2-8-17-34/h1-30H. The minimum absolute atomic E-state index is 0.576. The fourth-order valence-electron chi connectivity index (χ4n) is 7.52.